The number of hydrogen-bond acceptors (Lipinski definition) is 2. The lowest BCUT2D eigenvalue weighted by Crippen LogP contribution is -2.10. The third-order valence-electron chi connectivity index (χ3n) is 13.0. The van der Waals surface area contributed by atoms with Crippen molar-refractivity contribution in [3.63, 3.8) is 0 Å². The zero-order valence-electron chi connectivity index (χ0n) is 34.2. The van der Waals surface area contributed by atoms with Crippen molar-refractivity contribution < 1.29 is 4.42 Å². The monoisotopic (exact) mass is 802 g/mol. The fraction of sp³-hybridized carbons (Fsp3) is 0. The van der Waals surface area contributed by atoms with E-state index in [4.69, 9.17) is 4.42 Å². The van der Waals surface area contributed by atoms with Gasteiger partial charge in [0.1, 0.15) is 11.2 Å². The van der Waals surface area contributed by atoms with Gasteiger partial charge in [-0.05, 0) is 122 Å². The van der Waals surface area contributed by atoms with E-state index in [1.807, 2.05) is 12.1 Å². The van der Waals surface area contributed by atoms with E-state index in [0.29, 0.717) is 0 Å². The molecular weight excluding hydrogens is 765 g/mol. The molecule has 13 rings (SSSR count). The first-order valence-corrected chi connectivity index (χ1v) is 21.6. The maximum atomic E-state index is 6.35. The number of furan rings is 1. The quantitative estimate of drug-likeness (QED) is 0.156. The third kappa shape index (κ3) is 5.60. The van der Waals surface area contributed by atoms with Gasteiger partial charge in [-0.3, -0.25) is 0 Å². The summed E-state index contributed by atoms with van der Waals surface area (Å²) in [4.78, 5) is 2.40. The second-order valence-corrected chi connectivity index (χ2v) is 16.4. The van der Waals surface area contributed by atoms with Crippen LogP contribution in [0.1, 0.15) is 0 Å². The number of fused-ring (bicyclic) bond motifs is 12. The van der Waals surface area contributed by atoms with Crippen LogP contribution < -0.4 is 4.90 Å². The van der Waals surface area contributed by atoms with Crippen LogP contribution in [0.5, 0.6) is 0 Å². The second-order valence-electron chi connectivity index (χ2n) is 16.4. The van der Waals surface area contributed by atoms with Crippen molar-refractivity contribution in [1.82, 2.24) is 4.57 Å². The summed E-state index contributed by atoms with van der Waals surface area (Å²) in [5.41, 5.74) is 13.1. The minimum atomic E-state index is 0.890. The number of aromatic nitrogens is 1. The van der Waals surface area contributed by atoms with E-state index in [1.54, 1.807) is 0 Å². The molecule has 0 radical (unpaired) electrons. The van der Waals surface area contributed by atoms with Crippen molar-refractivity contribution in [3.05, 3.63) is 231 Å². The molecule has 0 bridgehead atoms. The number of rotatable bonds is 6. The summed E-state index contributed by atoms with van der Waals surface area (Å²) < 4.78 is 8.76. The van der Waals surface area contributed by atoms with E-state index >= 15 is 0 Å². The van der Waals surface area contributed by atoms with Crippen LogP contribution >= 0.6 is 0 Å². The van der Waals surface area contributed by atoms with E-state index in [9.17, 15) is 0 Å². The Morgan fingerprint density at radius 2 is 0.778 bits per heavy atom. The number of nitrogens with zero attached hydrogens (tertiary/aromatic N) is 2. The summed E-state index contributed by atoms with van der Waals surface area (Å²) >= 11 is 0. The van der Waals surface area contributed by atoms with E-state index in [1.165, 1.54) is 59.7 Å². The maximum absolute atomic E-state index is 6.35. The molecular formula is C60H38N2O. The molecule has 63 heavy (non-hydrogen) atoms. The van der Waals surface area contributed by atoms with Gasteiger partial charge in [0.05, 0.1) is 16.7 Å². The highest BCUT2D eigenvalue weighted by molar-refractivity contribution is 6.26. The fourth-order valence-corrected chi connectivity index (χ4v) is 10.1. The Bertz CT molecular complexity index is 3840. The summed E-state index contributed by atoms with van der Waals surface area (Å²) in [7, 11) is 0. The first-order chi connectivity index (χ1) is 31.2. The van der Waals surface area contributed by atoms with Crippen LogP contribution in [0.4, 0.5) is 17.1 Å². The number of benzene rings is 11. The van der Waals surface area contributed by atoms with Gasteiger partial charge in [0.2, 0.25) is 0 Å². The fourth-order valence-electron chi connectivity index (χ4n) is 10.1. The molecule has 0 spiro atoms. The molecule has 294 valence electrons. The summed E-state index contributed by atoms with van der Waals surface area (Å²) in [6.45, 7) is 0. The van der Waals surface area contributed by atoms with Gasteiger partial charge in [-0.1, -0.05) is 158 Å². The van der Waals surface area contributed by atoms with Crippen molar-refractivity contribution in [2.45, 2.75) is 0 Å². The van der Waals surface area contributed by atoms with Gasteiger partial charge in [0.25, 0.3) is 0 Å². The van der Waals surface area contributed by atoms with Gasteiger partial charge in [0.15, 0.2) is 0 Å². The van der Waals surface area contributed by atoms with Crippen molar-refractivity contribution in [2.75, 3.05) is 4.90 Å². The molecule has 3 heteroatoms. The average Bonchev–Trinajstić information content (AvgIpc) is 3.90. The van der Waals surface area contributed by atoms with Crippen molar-refractivity contribution >= 4 is 93.1 Å². The molecule has 0 amide bonds. The van der Waals surface area contributed by atoms with E-state index in [2.05, 4.69) is 228 Å². The van der Waals surface area contributed by atoms with E-state index < -0.39 is 0 Å². The van der Waals surface area contributed by atoms with Gasteiger partial charge in [-0.25, -0.2) is 0 Å². The van der Waals surface area contributed by atoms with Gasteiger partial charge in [-0.2, -0.15) is 0 Å². The predicted molar refractivity (Wildman–Crippen MR) is 266 cm³/mol. The highest BCUT2D eigenvalue weighted by atomic mass is 16.3. The lowest BCUT2D eigenvalue weighted by Gasteiger charge is -2.27. The van der Waals surface area contributed by atoms with Crippen LogP contribution in [0.25, 0.3) is 104 Å². The zero-order valence-corrected chi connectivity index (χ0v) is 34.2. The first kappa shape index (κ1) is 35.4. The molecule has 13 aromatic rings. The Balaban J connectivity index is 0.981. The van der Waals surface area contributed by atoms with Gasteiger partial charge < -0.3 is 13.9 Å². The molecule has 11 aromatic carbocycles. The molecule has 0 atom stereocenters. The molecule has 0 aliphatic carbocycles. The largest absolute Gasteiger partial charge is 0.456 e. The van der Waals surface area contributed by atoms with Crippen molar-refractivity contribution in [2.24, 2.45) is 0 Å². The van der Waals surface area contributed by atoms with Crippen molar-refractivity contribution in [3.8, 4) is 27.9 Å². The number of anilines is 3. The SMILES string of the molecule is c1cc(-c2ccc3c(c2)oc2ccccc23)cc(N(c2ccc(-c3ccccc3-n3c4ccccc4c4ccccc43)cc2)c2ccc3c4ccccc4c4ccccc4c3c2)c1. The third-order valence-corrected chi connectivity index (χ3v) is 13.0. The zero-order chi connectivity index (χ0) is 41.4. The Labute approximate surface area is 363 Å². The molecule has 0 fully saturated rings. The Kier molecular flexibility index (Phi) is 7.91. The van der Waals surface area contributed by atoms with Crippen LogP contribution in [-0.2, 0) is 0 Å². The summed E-state index contributed by atoms with van der Waals surface area (Å²) in [6.07, 6.45) is 0. The Morgan fingerprint density at radius 1 is 0.286 bits per heavy atom. The van der Waals surface area contributed by atoms with Gasteiger partial charge in [-0.15, -0.1) is 0 Å². The van der Waals surface area contributed by atoms with Crippen LogP contribution in [0.3, 0.4) is 0 Å². The van der Waals surface area contributed by atoms with E-state index in [-0.39, 0.29) is 0 Å². The molecule has 0 saturated heterocycles. The smallest absolute Gasteiger partial charge is 0.136 e. The Hall–Kier alpha value is -8.40. The highest BCUT2D eigenvalue weighted by Crippen LogP contribution is 2.43. The topological polar surface area (TPSA) is 21.3 Å². The standard InChI is InChI=1S/C60H38N2O/c1-2-19-48-46(17-1)47-18-3-4-20-49(47)55-38-44(33-35-50(48)55)61(43-15-13-14-40(36-43)41-30-34-54-53-23-8-12-27-59(53)63-60(54)37-41)42-31-28-39(29-32-42)45-16-5-9-24-56(45)62-57-25-10-6-21-51(57)52-22-7-11-26-58(52)62/h1-38H. The summed E-state index contributed by atoms with van der Waals surface area (Å²) in [6, 6.07) is 83.6. The average molecular weight is 803 g/mol. The molecule has 3 nitrogen and oxygen atoms in total. The molecule has 0 aliphatic rings. The minimum Gasteiger partial charge on any atom is -0.456 e. The van der Waals surface area contributed by atoms with Crippen LogP contribution in [0.2, 0.25) is 0 Å². The van der Waals surface area contributed by atoms with E-state index in [0.717, 1.165) is 61.4 Å². The molecule has 0 saturated carbocycles. The molecule has 0 aliphatic heterocycles. The molecule has 2 aromatic heterocycles. The maximum Gasteiger partial charge on any atom is 0.136 e. The van der Waals surface area contributed by atoms with Crippen LogP contribution in [-0.4, -0.2) is 4.57 Å². The minimum absolute atomic E-state index is 0.890. The lowest BCUT2D eigenvalue weighted by atomic mass is 9.94. The highest BCUT2D eigenvalue weighted by Gasteiger charge is 2.19. The van der Waals surface area contributed by atoms with Crippen LogP contribution in [0.15, 0.2) is 235 Å². The first-order valence-electron chi connectivity index (χ1n) is 21.6. The molecule has 0 N–H and O–H groups in total. The van der Waals surface area contributed by atoms with Crippen molar-refractivity contribution in [1.29, 1.82) is 0 Å². The molecule has 0 unspecified atom stereocenters. The predicted octanol–water partition coefficient (Wildman–Crippen LogP) is 16.9. The van der Waals surface area contributed by atoms with Gasteiger partial charge in [0, 0.05) is 44.2 Å². The lowest BCUT2D eigenvalue weighted by molar-refractivity contribution is 0.669. The summed E-state index contributed by atoms with van der Waals surface area (Å²) in [5.74, 6) is 0. The number of hydrogen-bond donors (Lipinski definition) is 0. The van der Waals surface area contributed by atoms with Gasteiger partial charge >= 0.3 is 0 Å². The summed E-state index contributed by atoms with van der Waals surface area (Å²) in [5, 5.41) is 12.3. The second kappa shape index (κ2) is 14.1. The molecule has 2 heterocycles. The number of para-hydroxylation sites is 4. The normalized spacial score (nSPS) is 11.8. The van der Waals surface area contributed by atoms with Crippen LogP contribution in [0, 0.1) is 0 Å². The Morgan fingerprint density at radius 3 is 1.49 bits per heavy atom.